The minimum Gasteiger partial charge on any atom is -0.340 e. The molecule has 0 atom stereocenters. The van der Waals surface area contributed by atoms with Gasteiger partial charge < -0.3 is 10.2 Å². The van der Waals surface area contributed by atoms with Crippen LogP contribution in [0.25, 0.3) is 0 Å². The molecule has 5 nitrogen and oxygen atoms in total. The SMILES string of the molecule is CCc1ccc(Nc2cc(C(=O)N3CCCCC3)ncn2)cc1. The van der Waals surface area contributed by atoms with Crippen molar-refractivity contribution < 1.29 is 4.79 Å². The summed E-state index contributed by atoms with van der Waals surface area (Å²) in [6.45, 7) is 3.78. The Morgan fingerprint density at radius 2 is 1.87 bits per heavy atom. The quantitative estimate of drug-likeness (QED) is 0.940. The number of piperidine rings is 1. The Morgan fingerprint density at radius 3 is 2.57 bits per heavy atom. The molecule has 0 spiro atoms. The van der Waals surface area contributed by atoms with Gasteiger partial charge in [-0.15, -0.1) is 0 Å². The maximum atomic E-state index is 12.5. The number of likely N-dealkylation sites (tertiary alicyclic amines) is 1. The summed E-state index contributed by atoms with van der Waals surface area (Å²) in [4.78, 5) is 22.7. The van der Waals surface area contributed by atoms with Gasteiger partial charge in [-0.2, -0.15) is 0 Å². The van der Waals surface area contributed by atoms with Crippen LogP contribution in [0.4, 0.5) is 11.5 Å². The Kier molecular flexibility index (Phi) is 4.86. The monoisotopic (exact) mass is 310 g/mol. The van der Waals surface area contributed by atoms with Crippen LogP contribution in [0.3, 0.4) is 0 Å². The van der Waals surface area contributed by atoms with E-state index in [9.17, 15) is 4.79 Å². The number of aromatic nitrogens is 2. The van der Waals surface area contributed by atoms with E-state index in [1.165, 1.54) is 18.3 Å². The second kappa shape index (κ2) is 7.22. The van der Waals surface area contributed by atoms with Gasteiger partial charge >= 0.3 is 0 Å². The largest absolute Gasteiger partial charge is 0.340 e. The minimum atomic E-state index is -0.00326. The zero-order valence-corrected chi connectivity index (χ0v) is 13.5. The molecule has 0 saturated carbocycles. The van der Waals surface area contributed by atoms with Crippen LogP contribution in [-0.2, 0) is 6.42 Å². The van der Waals surface area contributed by atoms with Crippen molar-refractivity contribution in [2.45, 2.75) is 32.6 Å². The number of rotatable bonds is 4. The number of aryl methyl sites for hydroxylation is 1. The number of nitrogens with zero attached hydrogens (tertiary/aromatic N) is 3. The number of hydrogen-bond acceptors (Lipinski definition) is 4. The molecule has 0 aliphatic carbocycles. The van der Waals surface area contributed by atoms with E-state index in [1.54, 1.807) is 6.07 Å². The molecule has 1 aromatic carbocycles. The highest BCUT2D eigenvalue weighted by Gasteiger charge is 2.19. The Balaban J connectivity index is 1.72. The maximum absolute atomic E-state index is 12.5. The first-order chi connectivity index (χ1) is 11.3. The minimum absolute atomic E-state index is 0.00326. The van der Waals surface area contributed by atoms with Crippen LogP contribution in [0.15, 0.2) is 36.7 Å². The lowest BCUT2D eigenvalue weighted by Gasteiger charge is -2.26. The maximum Gasteiger partial charge on any atom is 0.272 e. The van der Waals surface area contributed by atoms with Crippen LogP contribution in [0.2, 0.25) is 0 Å². The molecule has 5 heteroatoms. The van der Waals surface area contributed by atoms with Gasteiger partial charge in [0.2, 0.25) is 0 Å². The van der Waals surface area contributed by atoms with Crippen molar-refractivity contribution >= 4 is 17.4 Å². The lowest BCUT2D eigenvalue weighted by atomic mass is 10.1. The number of anilines is 2. The average Bonchev–Trinajstić information content (AvgIpc) is 2.63. The number of hydrogen-bond donors (Lipinski definition) is 1. The van der Waals surface area contributed by atoms with Crippen molar-refractivity contribution in [3.05, 3.63) is 47.9 Å². The van der Waals surface area contributed by atoms with E-state index < -0.39 is 0 Å². The molecule has 1 aromatic heterocycles. The summed E-state index contributed by atoms with van der Waals surface area (Å²) in [7, 11) is 0. The van der Waals surface area contributed by atoms with Gasteiger partial charge in [0.05, 0.1) is 0 Å². The summed E-state index contributed by atoms with van der Waals surface area (Å²) in [5.41, 5.74) is 2.70. The number of carbonyl (C=O) groups is 1. The lowest BCUT2D eigenvalue weighted by molar-refractivity contribution is 0.0718. The number of benzene rings is 1. The van der Waals surface area contributed by atoms with Crippen LogP contribution in [0.1, 0.15) is 42.2 Å². The Hall–Kier alpha value is -2.43. The lowest BCUT2D eigenvalue weighted by Crippen LogP contribution is -2.36. The third-order valence-corrected chi connectivity index (χ3v) is 4.16. The molecule has 1 aliphatic rings. The Bertz CT molecular complexity index is 663. The first kappa shape index (κ1) is 15.5. The summed E-state index contributed by atoms with van der Waals surface area (Å²) in [6, 6.07) is 9.94. The second-order valence-electron chi connectivity index (χ2n) is 5.82. The van der Waals surface area contributed by atoms with Crippen LogP contribution < -0.4 is 5.32 Å². The van der Waals surface area contributed by atoms with Crippen LogP contribution >= 0.6 is 0 Å². The summed E-state index contributed by atoms with van der Waals surface area (Å²) in [6.07, 6.45) is 5.81. The van der Waals surface area contributed by atoms with Crippen LogP contribution in [0.5, 0.6) is 0 Å². The number of carbonyl (C=O) groups excluding carboxylic acids is 1. The molecule has 3 rings (SSSR count). The van der Waals surface area contributed by atoms with Crippen LogP contribution in [0, 0.1) is 0 Å². The molecular formula is C18H22N4O. The summed E-state index contributed by atoms with van der Waals surface area (Å²) >= 11 is 0. The van der Waals surface area contributed by atoms with Crippen molar-refractivity contribution in [1.82, 2.24) is 14.9 Å². The molecule has 23 heavy (non-hydrogen) atoms. The van der Waals surface area contributed by atoms with Gasteiger partial charge in [0.1, 0.15) is 17.8 Å². The normalized spacial score (nSPS) is 14.6. The summed E-state index contributed by atoms with van der Waals surface area (Å²) < 4.78 is 0. The van der Waals surface area contributed by atoms with E-state index in [2.05, 4.69) is 34.3 Å². The smallest absolute Gasteiger partial charge is 0.272 e. The predicted molar refractivity (Wildman–Crippen MR) is 90.9 cm³/mol. The Labute approximate surface area is 136 Å². The predicted octanol–water partition coefficient (Wildman–Crippen LogP) is 3.41. The first-order valence-electron chi connectivity index (χ1n) is 8.23. The second-order valence-corrected chi connectivity index (χ2v) is 5.82. The van der Waals surface area contributed by atoms with Crippen molar-refractivity contribution in [2.24, 2.45) is 0 Å². The van der Waals surface area contributed by atoms with Gasteiger partial charge in [0.25, 0.3) is 5.91 Å². The molecule has 0 unspecified atom stereocenters. The molecule has 2 heterocycles. The van der Waals surface area contributed by atoms with Gasteiger partial charge in [-0.1, -0.05) is 19.1 Å². The fraction of sp³-hybridized carbons (Fsp3) is 0.389. The first-order valence-corrected chi connectivity index (χ1v) is 8.23. The molecule has 1 saturated heterocycles. The number of amides is 1. The van der Waals surface area contributed by atoms with E-state index in [0.29, 0.717) is 11.5 Å². The highest BCUT2D eigenvalue weighted by atomic mass is 16.2. The van der Waals surface area contributed by atoms with Gasteiger partial charge in [-0.25, -0.2) is 9.97 Å². The van der Waals surface area contributed by atoms with Crippen molar-refractivity contribution in [1.29, 1.82) is 0 Å². The van der Waals surface area contributed by atoms with Gasteiger partial charge in [0.15, 0.2) is 0 Å². The summed E-state index contributed by atoms with van der Waals surface area (Å²) in [5.74, 6) is 0.640. The molecule has 1 aliphatic heterocycles. The molecule has 0 bridgehead atoms. The van der Waals surface area contributed by atoms with E-state index in [1.807, 2.05) is 17.0 Å². The highest BCUT2D eigenvalue weighted by molar-refractivity contribution is 5.93. The topological polar surface area (TPSA) is 58.1 Å². The van der Waals surface area contributed by atoms with E-state index in [-0.39, 0.29) is 5.91 Å². The molecule has 1 N–H and O–H groups in total. The molecular weight excluding hydrogens is 288 g/mol. The Morgan fingerprint density at radius 1 is 1.13 bits per heavy atom. The fourth-order valence-electron chi connectivity index (χ4n) is 2.77. The zero-order valence-electron chi connectivity index (χ0n) is 13.5. The highest BCUT2D eigenvalue weighted by Crippen LogP contribution is 2.17. The van der Waals surface area contributed by atoms with Gasteiger partial charge in [-0.05, 0) is 43.4 Å². The van der Waals surface area contributed by atoms with Crippen molar-refractivity contribution in [3.8, 4) is 0 Å². The molecule has 2 aromatic rings. The third-order valence-electron chi connectivity index (χ3n) is 4.16. The van der Waals surface area contributed by atoms with Crippen molar-refractivity contribution in [3.63, 3.8) is 0 Å². The molecule has 1 fully saturated rings. The van der Waals surface area contributed by atoms with Gasteiger partial charge in [-0.3, -0.25) is 4.79 Å². The fourth-order valence-corrected chi connectivity index (χ4v) is 2.77. The standard InChI is InChI=1S/C18H22N4O/c1-2-14-6-8-15(9-7-14)21-17-12-16(19-13-20-17)18(23)22-10-4-3-5-11-22/h6-9,12-13H,2-5,10-11H2,1H3,(H,19,20,21). The zero-order chi connectivity index (χ0) is 16.1. The molecule has 1 amide bonds. The summed E-state index contributed by atoms with van der Waals surface area (Å²) in [5, 5.41) is 3.23. The average molecular weight is 310 g/mol. The van der Waals surface area contributed by atoms with Crippen LogP contribution in [-0.4, -0.2) is 33.9 Å². The van der Waals surface area contributed by atoms with Gasteiger partial charge in [0, 0.05) is 24.8 Å². The van der Waals surface area contributed by atoms with Crippen molar-refractivity contribution in [2.75, 3.05) is 18.4 Å². The van der Waals surface area contributed by atoms with E-state index in [4.69, 9.17) is 0 Å². The third kappa shape index (κ3) is 3.86. The van der Waals surface area contributed by atoms with E-state index in [0.717, 1.165) is 38.0 Å². The molecule has 120 valence electrons. The van der Waals surface area contributed by atoms with E-state index >= 15 is 0 Å². The molecule has 0 radical (unpaired) electrons. The number of nitrogens with one attached hydrogen (secondary N) is 1.